The van der Waals surface area contributed by atoms with Crippen LogP contribution in [0.15, 0.2) is 59.3 Å². The number of oxazole rings is 1. The van der Waals surface area contributed by atoms with Crippen LogP contribution in [0.25, 0.3) is 0 Å². The predicted octanol–water partition coefficient (Wildman–Crippen LogP) is 5.13. The van der Waals surface area contributed by atoms with Crippen LogP contribution in [0, 0.1) is 13.8 Å². The third-order valence-corrected chi connectivity index (χ3v) is 7.04. The summed E-state index contributed by atoms with van der Waals surface area (Å²) in [6, 6.07) is 16.4. The molecule has 0 aliphatic carbocycles. The van der Waals surface area contributed by atoms with Crippen molar-refractivity contribution in [3.8, 4) is 5.75 Å². The van der Waals surface area contributed by atoms with Crippen molar-refractivity contribution in [3.05, 3.63) is 83.1 Å². The molecule has 4 rings (SSSR count). The van der Waals surface area contributed by atoms with Crippen LogP contribution in [0.1, 0.15) is 41.2 Å². The van der Waals surface area contributed by atoms with Gasteiger partial charge in [-0.05, 0) is 44.0 Å². The van der Waals surface area contributed by atoms with Gasteiger partial charge in [0.15, 0.2) is 6.39 Å². The summed E-state index contributed by atoms with van der Waals surface area (Å²) in [6.45, 7) is 7.83. The number of carbonyl (C=O) groups is 1. The zero-order valence-electron chi connectivity index (χ0n) is 20.0. The van der Waals surface area contributed by atoms with Crippen LogP contribution in [0.4, 0.5) is 0 Å². The van der Waals surface area contributed by atoms with E-state index in [1.807, 2.05) is 26.0 Å². The van der Waals surface area contributed by atoms with E-state index < -0.39 is 0 Å². The van der Waals surface area contributed by atoms with E-state index in [1.54, 1.807) is 11.8 Å². The number of thioether (sulfide) groups is 1. The zero-order chi connectivity index (χ0) is 23.9. The molecule has 0 radical (unpaired) electrons. The molecule has 0 bridgehead atoms. The van der Waals surface area contributed by atoms with Gasteiger partial charge in [-0.3, -0.25) is 9.69 Å². The minimum Gasteiger partial charge on any atom is -0.484 e. The Kier molecular flexibility index (Phi) is 8.29. The number of ether oxygens (including phenoxy) is 2. The Hall–Kier alpha value is -2.77. The Morgan fingerprint density at radius 3 is 2.56 bits per heavy atom. The molecule has 1 aromatic heterocycles. The van der Waals surface area contributed by atoms with E-state index in [0.717, 1.165) is 40.8 Å². The van der Waals surface area contributed by atoms with Crippen molar-refractivity contribution in [2.45, 2.75) is 45.9 Å². The highest BCUT2D eigenvalue weighted by Gasteiger charge is 2.30. The van der Waals surface area contributed by atoms with Crippen molar-refractivity contribution >= 4 is 17.7 Å². The maximum absolute atomic E-state index is 12.4. The molecule has 0 amide bonds. The van der Waals surface area contributed by atoms with Crippen LogP contribution in [0.3, 0.4) is 0 Å². The molecule has 2 atom stereocenters. The number of hydrogen-bond acceptors (Lipinski definition) is 7. The smallest absolute Gasteiger partial charge is 0.324 e. The maximum Gasteiger partial charge on any atom is 0.324 e. The van der Waals surface area contributed by atoms with Crippen LogP contribution in [-0.4, -0.2) is 46.6 Å². The minimum absolute atomic E-state index is 0.128. The molecule has 1 fully saturated rings. The van der Waals surface area contributed by atoms with E-state index in [0.29, 0.717) is 19.6 Å². The molecule has 2 aromatic carbocycles. The van der Waals surface area contributed by atoms with E-state index in [2.05, 4.69) is 53.2 Å². The lowest BCUT2D eigenvalue weighted by molar-refractivity contribution is -0.148. The summed E-state index contributed by atoms with van der Waals surface area (Å²) >= 11 is 1.81. The summed E-state index contributed by atoms with van der Waals surface area (Å²) in [5.74, 6) is 3.21. The second-order valence-electron chi connectivity index (χ2n) is 8.55. The first-order chi connectivity index (χ1) is 16.5. The summed E-state index contributed by atoms with van der Waals surface area (Å²) in [5, 5.41) is 0. The lowest BCUT2D eigenvalue weighted by atomic mass is 10.0. The summed E-state index contributed by atoms with van der Waals surface area (Å²) in [5.41, 5.74) is 4.36. The molecule has 0 N–H and O–H groups in total. The van der Waals surface area contributed by atoms with E-state index in [1.165, 1.54) is 17.5 Å². The highest BCUT2D eigenvalue weighted by molar-refractivity contribution is 7.99. The van der Waals surface area contributed by atoms with Crippen LogP contribution < -0.4 is 4.74 Å². The number of nitrogens with zero attached hydrogens (tertiary/aromatic N) is 2. The largest absolute Gasteiger partial charge is 0.484 e. The van der Waals surface area contributed by atoms with Gasteiger partial charge in [-0.25, -0.2) is 4.98 Å². The molecule has 0 saturated carbocycles. The molecule has 2 unspecified atom stereocenters. The number of carbonyl (C=O) groups excluding carboxylic acids is 1. The molecule has 1 aliphatic heterocycles. The van der Waals surface area contributed by atoms with Crippen molar-refractivity contribution in [2.24, 2.45) is 0 Å². The fourth-order valence-electron chi connectivity index (χ4n) is 4.11. The van der Waals surface area contributed by atoms with Crippen LogP contribution >= 0.6 is 11.8 Å². The van der Waals surface area contributed by atoms with Crippen molar-refractivity contribution < 1.29 is 18.7 Å². The van der Waals surface area contributed by atoms with Gasteiger partial charge in [-0.2, -0.15) is 11.8 Å². The summed E-state index contributed by atoms with van der Waals surface area (Å²) in [7, 11) is 0. The Morgan fingerprint density at radius 2 is 1.88 bits per heavy atom. The number of aryl methyl sites for hydroxylation is 2. The number of hydrogen-bond donors (Lipinski definition) is 0. The molecule has 7 heteroatoms. The first kappa shape index (κ1) is 24.4. The lowest BCUT2D eigenvalue weighted by Gasteiger charge is -2.33. The second kappa shape index (κ2) is 11.6. The van der Waals surface area contributed by atoms with Gasteiger partial charge in [0.05, 0.1) is 6.61 Å². The maximum atomic E-state index is 12.4. The third-order valence-electron chi connectivity index (χ3n) is 6.01. The van der Waals surface area contributed by atoms with Crippen molar-refractivity contribution in [3.63, 3.8) is 0 Å². The predicted molar refractivity (Wildman–Crippen MR) is 134 cm³/mol. The first-order valence-corrected chi connectivity index (χ1v) is 12.9. The highest BCUT2D eigenvalue weighted by Crippen LogP contribution is 2.28. The second-order valence-corrected chi connectivity index (χ2v) is 9.70. The normalized spacial score (nSPS) is 17.3. The Balaban J connectivity index is 1.45. The minimum atomic E-state index is -0.250. The molecule has 1 saturated heterocycles. The monoisotopic (exact) mass is 480 g/mol. The van der Waals surface area contributed by atoms with Crippen LogP contribution in [0.2, 0.25) is 0 Å². The van der Waals surface area contributed by atoms with Gasteiger partial charge in [-0.15, -0.1) is 0 Å². The van der Waals surface area contributed by atoms with Crippen molar-refractivity contribution in [2.75, 3.05) is 24.7 Å². The number of rotatable bonds is 9. The average molecular weight is 481 g/mol. The molecular weight excluding hydrogens is 448 g/mol. The van der Waals surface area contributed by atoms with Crippen molar-refractivity contribution in [1.82, 2.24) is 9.88 Å². The lowest BCUT2D eigenvalue weighted by Crippen LogP contribution is -2.47. The SMILES string of the molecule is CCOC(=O)C1CSCCN1Cc1ccc(OC(Cc2ccc(C)cc2)c2ncoc2C)cc1. The van der Waals surface area contributed by atoms with Gasteiger partial charge in [0, 0.05) is 31.0 Å². The van der Waals surface area contributed by atoms with Gasteiger partial charge in [-0.1, -0.05) is 42.0 Å². The molecule has 2 heterocycles. The summed E-state index contributed by atoms with van der Waals surface area (Å²) in [6.07, 6.45) is 1.91. The number of benzene rings is 2. The molecule has 34 heavy (non-hydrogen) atoms. The van der Waals surface area contributed by atoms with E-state index >= 15 is 0 Å². The zero-order valence-corrected chi connectivity index (χ0v) is 20.8. The summed E-state index contributed by atoms with van der Waals surface area (Å²) < 4.78 is 17.1. The molecule has 3 aromatic rings. The third kappa shape index (κ3) is 6.21. The number of aromatic nitrogens is 1. The highest BCUT2D eigenvalue weighted by atomic mass is 32.2. The first-order valence-electron chi connectivity index (χ1n) is 11.7. The Labute approximate surface area is 205 Å². The van der Waals surface area contributed by atoms with Crippen LogP contribution in [-0.2, 0) is 22.5 Å². The summed E-state index contributed by atoms with van der Waals surface area (Å²) in [4.78, 5) is 19.0. The fraction of sp³-hybridized carbons (Fsp3) is 0.407. The number of esters is 1. The van der Waals surface area contributed by atoms with E-state index in [9.17, 15) is 4.79 Å². The van der Waals surface area contributed by atoms with Gasteiger partial charge in [0.2, 0.25) is 0 Å². The van der Waals surface area contributed by atoms with Gasteiger partial charge < -0.3 is 13.9 Å². The molecular formula is C27H32N2O4S. The Bertz CT molecular complexity index is 1060. The van der Waals surface area contributed by atoms with E-state index in [-0.39, 0.29) is 18.1 Å². The van der Waals surface area contributed by atoms with Crippen molar-refractivity contribution in [1.29, 1.82) is 0 Å². The molecule has 6 nitrogen and oxygen atoms in total. The van der Waals surface area contributed by atoms with E-state index in [4.69, 9.17) is 13.9 Å². The molecule has 180 valence electrons. The topological polar surface area (TPSA) is 64.8 Å². The quantitative estimate of drug-likeness (QED) is 0.393. The standard InChI is InChI=1S/C27H32N2O4S/c1-4-31-27(30)24-17-34-14-13-29(24)16-22-9-11-23(12-10-22)33-25(26-20(3)32-18-28-26)15-21-7-5-19(2)6-8-21/h5-12,18,24-25H,4,13-17H2,1-3H3. The van der Waals surface area contributed by atoms with Gasteiger partial charge >= 0.3 is 5.97 Å². The van der Waals surface area contributed by atoms with Gasteiger partial charge in [0.25, 0.3) is 0 Å². The molecule has 0 spiro atoms. The average Bonchev–Trinajstić information content (AvgIpc) is 3.27. The van der Waals surface area contributed by atoms with Crippen LogP contribution in [0.5, 0.6) is 5.75 Å². The Morgan fingerprint density at radius 1 is 1.15 bits per heavy atom. The van der Waals surface area contributed by atoms with Gasteiger partial charge in [0.1, 0.15) is 29.3 Å². The molecule has 1 aliphatic rings. The fourth-order valence-corrected chi connectivity index (χ4v) is 5.21.